The SMILES string of the molecule is COc1cc(/C=C/C(=O)Cc2cc(C)ccc2C(C)C)cc(OC)c1OC. The van der Waals surface area contributed by atoms with Crippen molar-refractivity contribution in [2.45, 2.75) is 33.1 Å². The summed E-state index contributed by atoms with van der Waals surface area (Å²) in [7, 11) is 4.70. The van der Waals surface area contributed by atoms with Crippen LogP contribution in [0.1, 0.15) is 42.0 Å². The van der Waals surface area contributed by atoms with Gasteiger partial charge in [0.2, 0.25) is 5.75 Å². The number of carbonyl (C=O) groups is 1. The van der Waals surface area contributed by atoms with Crippen LogP contribution in [0, 0.1) is 6.92 Å². The highest BCUT2D eigenvalue weighted by Crippen LogP contribution is 2.38. The van der Waals surface area contributed by atoms with Gasteiger partial charge in [0.15, 0.2) is 17.3 Å². The zero-order chi connectivity index (χ0) is 20.0. The number of ether oxygens (including phenoxy) is 3. The van der Waals surface area contributed by atoms with Gasteiger partial charge in [-0.15, -0.1) is 0 Å². The fourth-order valence-electron chi connectivity index (χ4n) is 3.08. The highest BCUT2D eigenvalue weighted by Gasteiger charge is 2.13. The second-order valence-electron chi connectivity index (χ2n) is 6.79. The Bertz CT molecular complexity index is 809. The van der Waals surface area contributed by atoms with Crippen molar-refractivity contribution in [3.63, 3.8) is 0 Å². The van der Waals surface area contributed by atoms with Crippen LogP contribution in [0.3, 0.4) is 0 Å². The van der Waals surface area contributed by atoms with Crippen molar-refractivity contribution >= 4 is 11.9 Å². The van der Waals surface area contributed by atoms with Crippen LogP contribution in [-0.4, -0.2) is 27.1 Å². The average Bonchev–Trinajstić information content (AvgIpc) is 2.65. The van der Waals surface area contributed by atoms with Crippen molar-refractivity contribution in [3.05, 3.63) is 58.7 Å². The Balaban J connectivity index is 2.24. The van der Waals surface area contributed by atoms with E-state index < -0.39 is 0 Å². The molecule has 0 N–H and O–H groups in total. The predicted octanol–water partition coefficient (Wildman–Crippen LogP) is 4.97. The molecule has 0 heterocycles. The van der Waals surface area contributed by atoms with Crippen LogP contribution in [0.15, 0.2) is 36.4 Å². The van der Waals surface area contributed by atoms with Crippen molar-refractivity contribution in [2.24, 2.45) is 0 Å². The number of allylic oxidation sites excluding steroid dienone is 1. The van der Waals surface area contributed by atoms with Crippen LogP contribution in [0.25, 0.3) is 6.08 Å². The van der Waals surface area contributed by atoms with Gasteiger partial charge in [0.1, 0.15) is 0 Å². The monoisotopic (exact) mass is 368 g/mol. The maximum Gasteiger partial charge on any atom is 0.203 e. The summed E-state index contributed by atoms with van der Waals surface area (Å²) in [6, 6.07) is 9.94. The second kappa shape index (κ2) is 9.26. The van der Waals surface area contributed by atoms with Gasteiger partial charge in [0.05, 0.1) is 21.3 Å². The molecule has 0 saturated heterocycles. The molecule has 0 spiro atoms. The number of aryl methyl sites for hydroxylation is 1. The molecule has 4 heteroatoms. The number of carbonyl (C=O) groups excluding carboxylic acids is 1. The van der Waals surface area contributed by atoms with E-state index in [2.05, 4.69) is 32.0 Å². The van der Waals surface area contributed by atoms with Crippen molar-refractivity contribution in [3.8, 4) is 17.2 Å². The summed E-state index contributed by atoms with van der Waals surface area (Å²) in [6.07, 6.45) is 3.76. The second-order valence-corrected chi connectivity index (χ2v) is 6.79. The van der Waals surface area contributed by atoms with E-state index in [1.54, 1.807) is 33.5 Å². The van der Waals surface area contributed by atoms with E-state index >= 15 is 0 Å². The Morgan fingerprint density at radius 1 is 1.00 bits per heavy atom. The zero-order valence-electron chi connectivity index (χ0n) is 17.0. The number of benzene rings is 2. The largest absolute Gasteiger partial charge is 0.493 e. The molecule has 0 aliphatic rings. The van der Waals surface area contributed by atoms with Gasteiger partial charge in [-0.25, -0.2) is 0 Å². The van der Waals surface area contributed by atoms with E-state index in [4.69, 9.17) is 14.2 Å². The Morgan fingerprint density at radius 2 is 1.63 bits per heavy atom. The maximum atomic E-state index is 12.5. The molecule has 0 fully saturated rings. The smallest absolute Gasteiger partial charge is 0.203 e. The number of rotatable bonds is 8. The molecule has 0 atom stereocenters. The first-order chi connectivity index (χ1) is 12.9. The quantitative estimate of drug-likeness (QED) is 0.617. The summed E-state index contributed by atoms with van der Waals surface area (Å²) in [5.74, 6) is 2.09. The van der Waals surface area contributed by atoms with Gasteiger partial charge in [-0.1, -0.05) is 43.7 Å². The molecule has 2 aromatic rings. The van der Waals surface area contributed by atoms with E-state index in [0.717, 1.165) is 16.7 Å². The van der Waals surface area contributed by atoms with Crippen LogP contribution < -0.4 is 14.2 Å². The molecule has 0 aliphatic heterocycles. The molecule has 144 valence electrons. The highest BCUT2D eigenvalue weighted by atomic mass is 16.5. The molecule has 0 bridgehead atoms. The standard InChI is InChI=1S/C23H28O4/c1-15(2)20-10-7-16(3)11-18(20)14-19(24)9-8-17-12-21(25-4)23(27-6)22(13-17)26-5/h7-13,15H,14H2,1-6H3/b9-8+. The van der Waals surface area contributed by atoms with Crippen LogP contribution in [0.5, 0.6) is 17.2 Å². The van der Waals surface area contributed by atoms with Gasteiger partial charge in [0.25, 0.3) is 0 Å². The first-order valence-electron chi connectivity index (χ1n) is 9.00. The van der Waals surface area contributed by atoms with Gasteiger partial charge < -0.3 is 14.2 Å². The third-order valence-electron chi connectivity index (χ3n) is 4.43. The van der Waals surface area contributed by atoms with Crippen LogP contribution in [0.2, 0.25) is 0 Å². The fourth-order valence-corrected chi connectivity index (χ4v) is 3.08. The van der Waals surface area contributed by atoms with Gasteiger partial charge in [-0.2, -0.15) is 0 Å². The molecule has 0 saturated carbocycles. The molecule has 0 radical (unpaired) electrons. The van der Waals surface area contributed by atoms with Gasteiger partial charge >= 0.3 is 0 Å². The summed E-state index contributed by atoms with van der Waals surface area (Å²) >= 11 is 0. The first-order valence-corrected chi connectivity index (χ1v) is 9.00. The van der Waals surface area contributed by atoms with Crippen molar-refractivity contribution in [1.82, 2.24) is 0 Å². The minimum absolute atomic E-state index is 0.0521. The van der Waals surface area contributed by atoms with Crippen LogP contribution in [-0.2, 0) is 11.2 Å². The van der Waals surface area contributed by atoms with E-state index in [0.29, 0.717) is 29.6 Å². The highest BCUT2D eigenvalue weighted by molar-refractivity contribution is 5.95. The molecule has 2 aromatic carbocycles. The predicted molar refractivity (Wildman–Crippen MR) is 109 cm³/mol. The van der Waals surface area contributed by atoms with E-state index in [9.17, 15) is 4.79 Å². The summed E-state index contributed by atoms with van der Waals surface area (Å²) < 4.78 is 16.0. The lowest BCUT2D eigenvalue weighted by atomic mass is 9.92. The van der Waals surface area contributed by atoms with Crippen LogP contribution >= 0.6 is 0 Å². The summed E-state index contributed by atoms with van der Waals surface area (Å²) in [5.41, 5.74) is 4.28. The topological polar surface area (TPSA) is 44.8 Å². The van der Waals surface area contributed by atoms with Gasteiger partial charge in [0, 0.05) is 6.42 Å². The lowest BCUT2D eigenvalue weighted by Crippen LogP contribution is -2.04. The normalized spacial score (nSPS) is 11.1. The third-order valence-corrected chi connectivity index (χ3v) is 4.43. The Labute approximate surface area is 161 Å². The fraction of sp³-hybridized carbons (Fsp3) is 0.348. The molecule has 27 heavy (non-hydrogen) atoms. The van der Waals surface area contributed by atoms with Crippen molar-refractivity contribution in [2.75, 3.05) is 21.3 Å². The molecular weight excluding hydrogens is 340 g/mol. The Kier molecular flexibility index (Phi) is 7.05. The average molecular weight is 368 g/mol. The molecule has 2 rings (SSSR count). The van der Waals surface area contributed by atoms with Gasteiger partial charge in [-0.3, -0.25) is 4.79 Å². The molecule has 0 unspecified atom stereocenters. The minimum atomic E-state index is 0.0521. The number of hydrogen-bond donors (Lipinski definition) is 0. The molecule has 0 aromatic heterocycles. The summed E-state index contributed by atoms with van der Waals surface area (Å²) in [6.45, 7) is 6.33. The van der Waals surface area contributed by atoms with Crippen molar-refractivity contribution < 1.29 is 19.0 Å². The van der Waals surface area contributed by atoms with E-state index in [1.807, 2.05) is 19.1 Å². The number of hydrogen-bond acceptors (Lipinski definition) is 4. The zero-order valence-corrected chi connectivity index (χ0v) is 17.0. The third kappa shape index (κ3) is 5.13. The molecule has 0 aliphatic carbocycles. The Morgan fingerprint density at radius 3 is 2.15 bits per heavy atom. The number of ketones is 1. The number of methoxy groups -OCH3 is 3. The first kappa shape index (κ1) is 20.6. The summed E-state index contributed by atoms with van der Waals surface area (Å²) in [4.78, 5) is 12.5. The van der Waals surface area contributed by atoms with Crippen molar-refractivity contribution in [1.29, 1.82) is 0 Å². The summed E-state index contributed by atoms with van der Waals surface area (Å²) in [5, 5.41) is 0. The molecule has 4 nitrogen and oxygen atoms in total. The van der Waals surface area contributed by atoms with E-state index in [1.165, 1.54) is 5.56 Å². The molecule has 0 amide bonds. The minimum Gasteiger partial charge on any atom is -0.493 e. The van der Waals surface area contributed by atoms with Crippen LogP contribution in [0.4, 0.5) is 0 Å². The maximum absolute atomic E-state index is 12.5. The lowest BCUT2D eigenvalue weighted by Gasteiger charge is -2.13. The lowest BCUT2D eigenvalue weighted by molar-refractivity contribution is -0.113. The Hall–Kier alpha value is -2.75. The van der Waals surface area contributed by atoms with Gasteiger partial charge in [-0.05, 0) is 47.7 Å². The van der Waals surface area contributed by atoms with E-state index in [-0.39, 0.29) is 5.78 Å². The molecular formula is C23H28O4.